The van der Waals surface area contributed by atoms with Crippen molar-refractivity contribution in [1.29, 1.82) is 0 Å². The summed E-state index contributed by atoms with van der Waals surface area (Å²) in [7, 11) is 3.46. The molecular weight excluding hydrogens is 170 g/mol. The van der Waals surface area contributed by atoms with Gasteiger partial charge < -0.3 is 15.2 Å². The van der Waals surface area contributed by atoms with Crippen molar-refractivity contribution in [3.8, 4) is 0 Å². The van der Waals surface area contributed by atoms with Gasteiger partial charge in [-0.2, -0.15) is 0 Å². The fourth-order valence-corrected chi connectivity index (χ4v) is 0.879. The zero-order chi connectivity index (χ0) is 10.0. The zero-order valence-electron chi connectivity index (χ0n) is 7.98. The first-order valence-corrected chi connectivity index (χ1v) is 3.88. The number of nitrogens with zero attached hydrogens (tertiary/aromatic N) is 4. The number of hydrogen-bond acceptors (Lipinski definition) is 3. The molecule has 6 heteroatoms. The summed E-state index contributed by atoms with van der Waals surface area (Å²) in [6, 6.07) is -0.472. The number of carbonyl (C=O) groups is 1. The molecule has 0 spiro atoms. The highest BCUT2D eigenvalue weighted by atomic mass is 16.2. The summed E-state index contributed by atoms with van der Waals surface area (Å²) in [6.45, 7) is 2.23. The minimum Gasteiger partial charge on any atom is -0.351 e. The molecule has 0 saturated carbocycles. The zero-order valence-corrected chi connectivity index (χ0v) is 7.98. The first kappa shape index (κ1) is 9.50. The van der Waals surface area contributed by atoms with E-state index < -0.39 is 6.03 Å². The average molecular weight is 183 g/mol. The van der Waals surface area contributed by atoms with Gasteiger partial charge in [0.2, 0.25) is 0 Å². The summed E-state index contributed by atoms with van der Waals surface area (Å²) >= 11 is 0. The van der Waals surface area contributed by atoms with Crippen LogP contribution in [0.2, 0.25) is 0 Å². The second-order valence-corrected chi connectivity index (χ2v) is 2.92. The van der Waals surface area contributed by atoms with E-state index in [9.17, 15) is 4.79 Å². The summed E-state index contributed by atoms with van der Waals surface area (Å²) in [5, 5.41) is 7.76. The van der Waals surface area contributed by atoms with Crippen LogP contribution in [0.15, 0.2) is 0 Å². The molecule has 0 aliphatic carbocycles. The number of carbonyl (C=O) groups excluding carboxylic acids is 1. The molecule has 1 heterocycles. The highest BCUT2D eigenvalue weighted by molar-refractivity contribution is 5.71. The van der Waals surface area contributed by atoms with Gasteiger partial charge in [-0.05, 0) is 6.92 Å². The molecule has 0 saturated heterocycles. The summed E-state index contributed by atoms with van der Waals surface area (Å²) in [5.41, 5.74) is 5.07. The van der Waals surface area contributed by atoms with Gasteiger partial charge in [-0.3, -0.25) is 0 Å². The number of rotatable bonds is 2. The van der Waals surface area contributed by atoms with Gasteiger partial charge in [0.1, 0.15) is 5.82 Å². The molecule has 2 N–H and O–H groups in total. The van der Waals surface area contributed by atoms with Gasteiger partial charge in [-0.25, -0.2) is 4.79 Å². The molecule has 0 unspecified atom stereocenters. The van der Waals surface area contributed by atoms with Crippen molar-refractivity contribution < 1.29 is 4.79 Å². The number of primary amides is 1. The van der Waals surface area contributed by atoms with Crippen LogP contribution in [0.3, 0.4) is 0 Å². The van der Waals surface area contributed by atoms with Gasteiger partial charge in [0.15, 0.2) is 5.82 Å². The number of nitrogens with two attached hydrogens (primary N) is 1. The van der Waals surface area contributed by atoms with Crippen molar-refractivity contribution >= 4 is 6.03 Å². The third-order valence-corrected chi connectivity index (χ3v) is 1.94. The van der Waals surface area contributed by atoms with Gasteiger partial charge in [0.05, 0.1) is 6.54 Å². The highest BCUT2D eigenvalue weighted by Crippen LogP contribution is 2.00. The van der Waals surface area contributed by atoms with Gasteiger partial charge in [-0.1, -0.05) is 0 Å². The van der Waals surface area contributed by atoms with Crippen LogP contribution in [-0.4, -0.2) is 32.7 Å². The van der Waals surface area contributed by atoms with E-state index in [4.69, 9.17) is 5.73 Å². The van der Waals surface area contributed by atoms with Crippen LogP contribution in [0.5, 0.6) is 0 Å². The SMILES string of the molecule is Cc1nnc(CN(C)C(N)=O)n1C. The molecule has 72 valence electrons. The Morgan fingerprint density at radius 2 is 2.23 bits per heavy atom. The van der Waals surface area contributed by atoms with E-state index in [1.165, 1.54) is 4.90 Å². The van der Waals surface area contributed by atoms with Gasteiger partial charge >= 0.3 is 6.03 Å². The van der Waals surface area contributed by atoms with Crippen molar-refractivity contribution in [3.63, 3.8) is 0 Å². The number of aromatic nitrogens is 3. The maximum absolute atomic E-state index is 10.7. The smallest absolute Gasteiger partial charge is 0.314 e. The standard InChI is InChI=1S/C7H13N5O/c1-5-9-10-6(12(5)3)4-11(2)7(8)13/h4H2,1-3H3,(H2,8,13). The lowest BCUT2D eigenvalue weighted by Crippen LogP contribution is -2.32. The minimum absolute atomic E-state index is 0.382. The topological polar surface area (TPSA) is 77.0 Å². The molecule has 1 aromatic rings. The van der Waals surface area contributed by atoms with Crippen molar-refractivity contribution in [3.05, 3.63) is 11.6 Å². The summed E-state index contributed by atoms with van der Waals surface area (Å²) in [4.78, 5) is 12.1. The lowest BCUT2D eigenvalue weighted by molar-refractivity contribution is 0.215. The quantitative estimate of drug-likeness (QED) is 0.679. The molecule has 0 aromatic carbocycles. The number of hydrogen-bond donors (Lipinski definition) is 1. The first-order valence-electron chi connectivity index (χ1n) is 3.88. The van der Waals surface area contributed by atoms with Crippen molar-refractivity contribution in [2.24, 2.45) is 12.8 Å². The normalized spacial score (nSPS) is 10.1. The van der Waals surface area contributed by atoms with Gasteiger partial charge in [0, 0.05) is 14.1 Å². The fraction of sp³-hybridized carbons (Fsp3) is 0.571. The van der Waals surface area contributed by atoms with Crippen LogP contribution in [0.25, 0.3) is 0 Å². The predicted octanol–water partition coefficient (Wildman–Crippen LogP) is -0.366. The monoisotopic (exact) mass is 183 g/mol. The van der Waals surface area contributed by atoms with Crippen molar-refractivity contribution in [1.82, 2.24) is 19.7 Å². The summed E-state index contributed by atoms with van der Waals surface area (Å²) < 4.78 is 1.82. The Hall–Kier alpha value is -1.59. The summed E-state index contributed by atoms with van der Waals surface area (Å²) in [6.07, 6.45) is 0. The number of urea groups is 1. The highest BCUT2D eigenvalue weighted by Gasteiger charge is 2.09. The second kappa shape index (κ2) is 3.42. The molecule has 0 bridgehead atoms. The Morgan fingerprint density at radius 3 is 2.62 bits per heavy atom. The van der Waals surface area contributed by atoms with Crippen LogP contribution in [0, 0.1) is 6.92 Å². The average Bonchev–Trinajstić information content (AvgIpc) is 2.36. The van der Waals surface area contributed by atoms with E-state index in [0.29, 0.717) is 6.54 Å². The van der Waals surface area contributed by atoms with Crippen LogP contribution in [0.1, 0.15) is 11.6 Å². The maximum Gasteiger partial charge on any atom is 0.314 e. The second-order valence-electron chi connectivity index (χ2n) is 2.92. The van der Waals surface area contributed by atoms with E-state index in [0.717, 1.165) is 11.6 Å². The molecule has 2 amide bonds. The molecule has 0 fully saturated rings. The van der Waals surface area contributed by atoms with E-state index in [-0.39, 0.29) is 0 Å². The van der Waals surface area contributed by atoms with Crippen molar-refractivity contribution in [2.45, 2.75) is 13.5 Å². The van der Waals surface area contributed by atoms with E-state index in [2.05, 4.69) is 10.2 Å². The van der Waals surface area contributed by atoms with E-state index >= 15 is 0 Å². The van der Waals surface area contributed by atoms with Gasteiger partial charge in [0.25, 0.3) is 0 Å². The number of amides is 2. The molecule has 0 radical (unpaired) electrons. The molecule has 0 atom stereocenters. The first-order chi connectivity index (χ1) is 6.02. The Balaban J connectivity index is 2.74. The lowest BCUT2D eigenvalue weighted by atomic mass is 10.5. The molecule has 0 aliphatic rings. The number of aryl methyl sites for hydroxylation is 1. The Morgan fingerprint density at radius 1 is 1.62 bits per heavy atom. The summed E-state index contributed by atoms with van der Waals surface area (Å²) in [5.74, 6) is 1.53. The Bertz CT molecular complexity index is 319. The fourth-order valence-electron chi connectivity index (χ4n) is 0.879. The largest absolute Gasteiger partial charge is 0.351 e. The van der Waals surface area contributed by atoms with Crippen LogP contribution >= 0.6 is 0 Å². The predicted molar refractivity (Wildman–Crippen MR) is 46.8 cm³/mol. The van der Waals surface area contributed by atoms with Crippen LogP contribution in [-0.2, 0) is 13.6 Å². The van der Waals surface area contributed by atoms with Crippen LogP contribution < -0.4 is 5.73 Å². The molecule has 1 rings (SSSR count). The minimum atomic E-state index is -0.472. The Kier molecular flexibility index (Phi) is 2.50. The Labute approximate surface area is 76.3 Å². The third kappa shape index (κ3) is 1.95. The molecular formula is C7H13N5O. The third-order valence-electron chi connectivity index (χ3n) is 1.94. The van der Waals surface area contributed by atoms with E-state index in [1.807, 2.05) is 18.5 Å². The van der Waals surface area contributed by atoms with Crippen LogP contribution in [0.4, 0.5) is 4.79 Å². The van der Waals surface area contributed by atoms with Gasteiger partial charge in [-0.15, -0.1) is 10.2 Å². The molecule has 0 aliphatic heterocycles. The van der Waals surface area contributed by atoms with E-state index in [1.54, 1.807) is 7.05 Å². The molecule has 13 heavy (non-hydrogen) atoms. The lowest BCUT2D eigenvalue weighted by Gasteiger charge is -2.12. The van der Waals surface area contributed by atoms with Crippen molar-refractivity contribution in [2.75, 3.05) is 7.05 Å². The maximum atomic E-state index is 10.7. The molecule has 6 nitrogen and oxygen atoms in total. The molecule has 1 aromatic heterocycles.